The molecule has 3 N–H and O–H groups in total. The average Bonchev–Trinajstić information content (AvgIpc) is 2.56. The van der Waals surface area contributed by atoms with Crippen LogP contribution in [0.5, 0.6) is 0 Å². The number of hydrogen-bond acceptors (Lipinski definition) is 3. The van der Waals surface area contributed by atoms with Crippen LogP contribution in [0.1, 0.15) is 38.4 Å². The van der Waals surface area contributed by atoms with Crippen molar-refractivity contribution in [3.8, 4) is 0 Å². The van der Waals surface area contributed by atoms with Gasteiger partial charge >= 0.3 is 0 Å². The first kappa shape index (κ1) is 10.2. The zero-order valence-electron chi connectivity index (χ0n) is 8.33. The van der Waals surface area contributed by atoms with E-state index in [9.17, 15) is 0 Å². The summed E-state index contributed by atoms with van der Waals surface area (Å²) in [5.41, 5.74) is 3.59. The second-order valence-electron chi connectivity index (χ2n) is 3.14. The molecule has 0 aliphatic rings. The molecule has 0 saturated heterocycles. The molecule has 1 aromatic rings. The maximum atomic E-state index is 5.21. The molecule has 1 rings (SSSR count). The highest BCUT2D eigenvalue weighted by atomic mass is 15.3. The van der Waals surface area contributed by atoms with Crippen LogP contribution in [0.15, 0.2) is 12.3 Å². The molecule has 4 nitrogen and oxygen atoms in total. The summed E-state index contributed by atoms with van der Waals surface area (Å²) in [7, 11) is 0. The Bertz CT molecular complexity index is 240. The summed E-state index contributed by atoms with van der Waals surface area (Å²) in [4.78, 5) is 0. The molecule has 0 radical (unpaired) electrons. The van der Waals surface area contributed by atoms with Gasteiger partial charge in [0.2, 0.25) is 0 Å². The van der Waals surface area contributed by atoms with Gasteiger partial charge in [0.25, 0.3) is 0 Å². The number of nitrogens with one attached hydrogen (secondary N) is 1. The molecule has 0 amide bonds. The van der Waals surface area contributed by atoms with E-state index in [1.165, 1.54) is 0 Å². The lowest BCUT2D eigenvalue weighted by Gasteiger charge is -2.12. The maximum Gasteiger partial charge on any atom is 0.0776 e. The van der Waals surface area contributed by atoms with E-state index in [0.717, 1.165) is 18.5 Å². The molecular formula is C9H18N4. The van der Waals surface area contributed by atoms with Gasteiger partial charge in [0, 0.05) is 6.20 Å². The molecule has 1 heterocycles. The van der Waals surface area contributed by atoms with Crippen LogP contribution < -0.4 is 11.3 Å². The smallest absolute Gasteiger partial charge is 0.0776 e. The minimum atomic E-state index is 0.520. The molecule has 0 unspecified atom stereocenters. The number of hydrogen-bond donors (Lipinski definition) is 2. The minimum absolute atomic E-state index is 0.520. The van der Waals surface area contributed by atoms with Gasteiger partial charge in [-0.3, -0.25) is 16.0 Å². The molecule has 74 valence electrons. The fourth-order valence-electron chi connectivity index (χ4n) is 1.44. The van der Waals surface area contributed by atoms with Crippen LogP contribution in [0, 0.1) is 0 Å². The second-order valence-corrected chi connectivity index (χ2v) is 3.14. The van der Waals surface area contributed by atoms with Crippen molar-refractivity contribution in [3.63, 3.8) is 0 Å². The number of hydrazine groups is 1. The van der Waals surface area contributed by atoms with Gasteiger partial charge in [0.1, 0.15) is 0 Å². The van der Waals surface area contributed by atoms with Crippen molar-refractivity contribution in [2.75, 3.05) is 0 Å². The van der Waals surface area contributed by atoms with Crippen molar-refractivity contribution < 1.29 is 0 Å². The van der Waals surface area contributed by atoms with E-state index in [1.807, 2.05) is 16.9 Å². The Morgan fingerprint density at radius 1 is 1.54 bits per heavy atom. The standard InChI is InChI=1S/C9H18N4/c1-3-9(4-2)13-6-5-8(12-13)7-11-10/h5-6,9,11H,3-4,7,10H2,1-2H3. The van der Waals surface area contributed by atoms with Gasteiger partial charge < -0.3 is 0 Å². The van der Waals surface area contributed by atoms with E-state index in [1.54, 1.807) is 0 Å². The van der Waals surface area contributed by atoms with Crippen molar-refractivity contribution >= 4 is 0 Å². The van der Waals surface area contributed by atoms with Crippen LogP contribution >= 0.6 is 0 Å². The van der Waals surface area contributed by atoms with Gasteiger partial charge in [-0.05, 0) is 18.9 Å². The van der Waals surface area contributed by atoms with Gasteiger partial charge in [-0.15, -0.1) is 0 Å². The van der Waals surface area contributed by atoms with Crippen LogP contribution in [-0.2, 0) is 6.54 Å². The molecule has 0 fully saturated rings. The summed E-state index contributed by atoms with van der Waals surface area (Å²) < 4.78 is 2.02. The first-order valence-electron chi connectivity index (χ1n) is 4.79. The van der Waals surface area contributed by atoms with Crippen molar-refractivity contribution in [2.45, 2.75) is 39.3 Å². The lowest BCUT2D eigenvalue weighted by Crippen LogP contribution is -2.21. The van der Waals surface area contributed by atoms with Crippen LogP contribution in [0.25, 0.3) is 0 Å². The van der Waals surface area contributed by atoms with Gasteiger partial charge in [-0.2, -0.15) is 5.10 Å². The number of nitrogens with zero attached hydrogens (tertiary/aromatic N) is 2. The molecule has 4 heteroatoms. The minimum Gasteiger partial charge on any atom is -0.271 e. The monoisotopic (exact) mass is 182 g/mol. The highest BCUT2D eigenvalue weighted by Gasteiger charge is 2.06. The fourth-order valence-corrected chi connectivity index (χ4v) is 1.44. The molecule has 0 aromatic carbocycles. The largest absolute Gasteiger partial charge is 0.271 e. The SMILES string of the molecule is CCC(CC)n1ccc(CNN)n1. The first-order chi connectivity index (χ1) is 6.31. The van der Waals surface area contributed by atoms with Crippen molar-refractivity contribution in [2.24, 2.45) is 5.84 Å². The highest BCUT2D eigenvalue weighted by Crippen LogP contribution is 2.14. The fraction of sp³-hybridized carbons (Fsp3) is 0.667. The molecule has 0 bridgehead atoms. The van der Waals surface area contributed by atoms with E-state index >= 15 is 0 Å². The summed E-state index contributed by atoms with van der Waals surface area (Å²) in [6.07, 6.45) is 4.26. The predicted molar refractivity (Wildman–Crippen MR) is 52.9 cm³/mol. The van der Waals surface area contributed by atoms with Crippen molar-refractivity contribution in [1.82, 2.24) is 15.2 Å². The third-order valence-electron chi connectivity index (χ3n) is 2.26. The topological polar surface area (TPSA) is 55.9 Å². The van der Waals surface area contributed by atoms with E-state index in [2.05, 4.69) is 24.4 Å². The van der Waals surface area contributed by atoms with E-state index < -0.39 is 0 Å². The van der Waals surface area contributed by atoms with Gasteiger partial charge in [0.05, 0.1) is 18.3 Å². The summed E-state index contributed by atoms with van der Waals surface area (Å²) in [5, 5.41) is 4.42. The Hall–Kier alpha value is -0.870. The Kier molecular flexibility index (Phi) is 3.92. The van der Waals surface area contributed by atoms with E-state index in [-0.39, 0.29) is 0 Å². The molecule has 0 saturated carbocycles. The Morgan fingerprint density at radius 2 is 2.23 bits per heavy atom. The molecule has 0 aliphatic carbocycles. The van der Waals surface area contributed by atoms with Crippen LogP contribution in [0.2, 0.25) is 0 Å². The Morgan fingerprint density at radius 3 is 2.77 bits per heavy atom. The van der Waals surface area contributed by atoms with Crippen molar-refractivity contribution in [1.29, 1.82) is 0 Å². The third-order valence-corrected chi connectivity index (χ3v) is 2.26. The zero-order valence-corrected chi connectivity index (χ0v) is 8.33. The van der Waals surface area contributed by atoms with Crippen molar-refractivity contribution in [3.05, 3.63) is 18.0 Å². The lowest BCUT2D eigenvalue weighted by molar-refractivity contribution is 0.424. The summed E-state index contributed by atoms with van der Waals surface area (Å²) >= 11 is 0. The Labute approximate surface area is 79.1 Å². The molecule has 1 aromatic heterocycles. The third kappa shape index (κ3) is 2.54. The van der Waals surface area contributed by atoms with Gasteiger partial charge in [-0.25, -0.2) is 0 Å². The normalized spacial score (nSPS) is 11.1. The summed E-state index contributed by atoms with van der Waals surface area (Å²) in [5.74, 6) is 5.21. The number of rotatable bonds is 5. The van der Waals surface area contributed by atoms with E-state index in [4.69, 9.17) is 5.84 Å². The van der Waals surface area contributed by atoms with Crippen LogP contribution in [0.4, 0.5) is 0 Å². The molecular weight excluding hydrogens is 164 g/mol. The maximum absolute atomic E-state index is 5.21. The van der Waals surface area contributed by atoms with Gasteiger partial charge in [0.15, 0.2) is 0 Å². The lowest BCUT2D eigenvalue weighted by atomic mass is 10.2. The van der Waals surface area contributed by atoms with E-state index in [0.29, 0.717) is 12.6 Å². The molecule has 0 atom stereocenters. The average molecular weight is 182 g/mol. The van der Waals surface area contributed by atoms with Gasteiger partial charge in [-0.1, -0.05) is 13.8 Å². The second kappa shape index (κ2) is 4.99. The van der Waals surface area contributed by atoms with Crippen LogP contribution in [0.3, 0.4) is 0 Å². The molecule has 0 spiro atoms. The summed E-state index contributed by atoms with van der Waals surface area (Å²) in [6.45, 7) is 4.99. The molecule has 0 aliphatic heterocycles. The predicted octanol–water partition coefficient (Wildman–Crippen LogP) is 1.21. The molecule has 13 heavy (non-hydrogen) atoms. The Balaban J connectivity index is 2.66. The highest BCUT2D eigenvalue weighted by molar-refractivity contribution is 4.98. The zero-order chi connectivity index (χ0) is 9.68. The number of aromatic nitrogens is 2. The summed E-state index contributed by atoms with van der Waals surface area (Å²) in [6, 6.07) is 2.52. The first-order valence-corrected chi connectivity index (χ1v) is 4.79. The number of nitrogens with two attached hydrogens (primary N) is 1. The van der Waals surface area contributed by atoms with Crippen LogP contribution in [-0.4, -0.2) is 9.78 Å². The quantitative estimate of drug-likeness (QED) is 0.531.